The lowest BCUT2D eigenvalue weighted by atomic mass is 10.1. The van der Waals surface area contributed by atoms with Crippen molar-refractivity contribution >= 4 is 5.91 Å². The number of halogens is 6. The highest BCUT2D eigenvalue weighted by molar-refractivity contribution is 5.77. The maximum absolute atomic E-state index is 12.6. The number of hydrogen-bond acceptors (Lipinski definition) is 4. The average molecular weight is 357 g/mol. The maximum Gasteiger partial charge on any atom is 0.433 e. The molecule has 0 aromatic carbocycles. The molecule has 0 bridgehead atoms. The first kappa shape index (κ1) is 18.3. The number of likely N-dealkylation sites (tertiary alicyclic amines) is 1. The number of alkyl halides is 6. The number of aromatic nitrogens is 2. The molecular formula is C13H13F6N3O2. The minimum atomic E-state index is -4.66. The number of ether oxygens (including phenoxy) is 1. The summed E-state index contributed by atoms with van der Waals surface area (Å²) in [5.74, 6) is -1.10. The molecule has 0 spiro atoms. The summed E-state index contributed by atoms with van der Waals surface area (Å²) in [4.78, 5) is 19.3. The van der Waals surface area contributed by atoms with Gasteiger partial charge in [0.1, 0.15) is 12.5 Å². The lowest BCUT2D eigenvalue weighted by molar-refractivity contribution is -0.163. The van der Waals surface area contributed by atoms with Gasteiger partial charge in [-0.25, -0.2) is 4.98 Å². The summed E-state index contributed by atoms with van der Waals surface area (Å²) in [6, 6.07) is 0.146. The molecule has 11 heteroatoms. The van der Waals surface area contributed by atoms with Crippen LogP contribution in [-0.2, 0) is 11.0 Å². The van der Waals surface area contributed by atoms with Crippen molar-refractivity contribution in [2.45, 2.75) is 37.7 Å². The molecular weight excluding hydrogens is 344 g/mol. The third-order valence-corrected chi connectivity index (χ3v) is 3.28. The number of carbonyl (C=O) groups excluding carboxylic acids is 1. The minimum absolute atomic E-state index is 0.137. The smallest absolute Gasteiger partial charge is 0.433 e. The van der Waals surface area contributed by atoms with Crippen LogP contribution < -0.4 is 4.74 Å². The number of nitrogens with zero attached hydrogens (tertiary/aromatic N) is 3. The Morgan fingerprint density at radius 2 is 2.00 bits per heavy atom. The lowest BCUT2D eigenvalue weighted by Gasteiger charge is -2.32. The Bertz CT molecular complexity index is 590. The fraction of sp³-hybridized carbons (Fsp3) is 0.615. The first-order chi connectivity index (χ1) is 11.0. The Hall–Kier alpha value is -2.07. The SMILES string of the molecule is O=C(CC(F)(F)F)N1CCCC(Oc2nccc(C(F)(F)F)n2)C1. The molecule has 24 heavy (non-hydrogen) atoms. The van der Waals surface area contributed by atoms with E-state index in [0.29, 0.717) is 18.9 Å². The van der Waals surface area contributed by atoms with Crippen molar-refractivity contribution < 1.29 is 35.9 Å². The van der Waals surface area contributed by atoms with Gasteiger partial charge in [0.2, 0.25) is 5.91 Å². The molecule has 1 fully saturated rings. The number of piperidine rings is 1. The van der Waals surface area contributed by atoms with Crippen LogP contribution in [0.1, 0.15) is 25.0 Å². The van der Waals surface area contributed by atoms with Crippen molar-refractivity contribution in [2.24, 2.45) is 0 Å². The van der Waals surface area contributed by atoms with E-state index in [0.717, 1.165) is 11.1 Å². The standard InChI is InChI=1S/C13H13F6N3O2/c14-12(15,16)6-10(23)22-5-1-2-8(7-22)24-11-20-4-3-9(21-11)13(17,18)19/h3-4,8H,1-2,5-7H2. The summed E-state index contributed by atoms with van der Waals surface area (Å²) in [5, 5.41) is 0. The summed E-state index contributed by atoms with van der Waals surface area (Å²) in [5.41, 5.74) is -1.19. The average Bonchev–Trinajstić information content (AvgIpc) is 2.45. The molecule has 0 radical (unpaired) electrons. The quantitative estimate of drug-likeness (QED) is 0.781. The van der Waals surface area contributed by atoms with Gasteiger partial charge in [0.05, 0.1) is 6.54 Å². The number of rotatable bonds is 3. The highest BCUT2D eigenvalue weighted by Gasteiger charge is 2.36. The monoisotopic (exact) mass is 357 g/mol. The van der Waals surface area contributed by atoms with E-state index in [2.05, 4.69) is 9.97 Å². The molecule has 2 rings (SSSR count). The van der Waals surface area contributed by atoms with E-state index < -0.39 is 42.5 Å². The van der Waals surface area contributed by atoms with Gasteiger partial charge in [-0.1, -0.05) is 0 Å². The topological polar surface area (TPSA) is 55.3 Å². The van der Waals surface area contributed by atoms with Crippen LogP contribution in [0.25, 0.3) is 0 Å². The van der Waals surface area contributed by atoms with Crippen LogP contribution in [0.5, 0.6) is 6.01 Å². The van der Waals surface area contributed by atoms with Crippen LogP contribution in [0.3, 0.4) is 0 Å². The van der Waals surface area contributed by atoms with Crippen LogP contribution in [0, 0.1) is 0 Å². The highest BCUT2D eigenvalue weighted by Crippen LogP contribution is 2.28. The number of carbonyl (C=O) groups is 1. The predicted octanol–water partition coefficient (Wildman–Crippen LogP) is 2.82. The van der Waals surface area contributed by atoms with E-state index in [4.69, 9.17) is 4.74 Å². The van der Waals surface area contributed by atoms with E-state index in [-0.39, 0.29) is 13.1 Å². The van der Waals surface area contributed by atoms with Gasteiger partial charge in [-0.3, -0.25) is 4.79 Å². The first-order valence-electron chi connectivity index (χ1n) is 6.96. The zero-order valence-electron chi connectivity index (χ0n) is 12.2. The van der Waals surface area contributed by atoms with Crippen molar-refractivity contribution in [2.75, 3.05) is 13.1 Å². The van der Waals surface area contributed by atoms with Gasteiger partial charge in [-0.15, -0.1) is 0 Å². The molecule has 5 nitrogen and oxygen atoms in total. The second-order valence-electron chi connectivity index (χ2n) is 5.24. The Morgan fingerprint density at radius 3 is 2.62 bits per heavy atom. The fourth-order valence-corrected chi connectivity index (χ4v) is 2.25. The Morgan fingerprint density at radius 1 is 1.29 bits per heavy atom. The molecule has 0 saturated carbocycles. The van der Waals surface area contributed by atoms with E-state index in [1.807, 2.05) is 0 Å². The van der Waals surface area contributed by atoms with Gasteiger partial charge in [-0.05, 0) is 18.9 Å². The highest BCUT2D eigenvalue weighted by atomic mass is 19.4. The van der Waals surface area contributed by atoms with Crippen LogP contribution in [0.2, 0.25) is 0 Å². The van der Waals surface area contributed by atoms with Crippen LogP contribution >= 0.6 is 0 Å². The van der Waals surface area contributed by atoms with Crippen LogP contribution in [-0.4, -0.2) is 46.1 Å². The predicted molar refractivity (Wildman–Crippen MR) is 67.9 cm³/mol. The van der Waals surface area contributed by atoms with Crippen molar-refractivity contribution in [3.8, 4) is 6.01 Å². The van der Waals surface area contributed by atoms with E-state index in [1.54, 1.807) is 0 Å². The molecule has 1 amide bonds. The van der Waals surface area contributed by atoms with Gasteiger partial charge >= 0.3 is 18.4 Å². The summed E-state index contributed by atoms with van der Waals surface area (Å²) in [6.45, 7) is -0.0211. The van der Waals surface area contributed by atoms with Gasteiger partial charge < -0.3 is 9.64 Å². The normalized spacial score (nSPS) is 19.2. The fourth-order valence-electron chi connectivity index (χ4n) is 2.25. The molecule has 1 unspecified atom stereocenters. The largest absolute Gasteiger partial charge is 0.458 e. The zero-order valence-corrected chi connectivity index (χ0v) is 12.2. The zero-order chi connectivity index (χ0) is 18.0. The van der Waals surface area contributed by atoms with Crippen molar-refractivity contribution in [1.82, 2.24) is 14.9 Å². The molecule has 1 aliphatic rings. The second-order valence-corrected chi connectivity index (χ2v) is 5.24. The molecule has 2 heterocycles. The molecule has 1 atom stereocenters. The van der Waals surface area contributed by atoms with Crippen molar-refractivity contribution in [3.05, 3.63) is 18.0 Å². The Labute approximate surface area is 132 Å². The van der Waals surface area contributed by atoms with Crippen molar-refractivity contribution in [3.63, 3.8) is 0 Å². The summed E-state index contributed by atoms with van der Waals surface area (Å²) in [7, 11) is 0. The number of hydrogen-bond donors (Lipinski definition) is 0. The minimum Gasteiger partial charge on any atom is -0.458 e. The third kappa shape index (κ3) is 5.24. The molecule has 0 N–H and O–H groups in total. The molecule has 1 saturated heterocycles. The summed E-state index contributed by atoms with van der Waals surface area (Å²) in [6.07, 6.45) is -10.0. The summed E-state index contributed by atoms with van der Waals surface area (Å²) < 4.78 is 79.7. The van der Waals surface area contributed by atoms with E-state index in [9.17, 15) is 31.1 Å². The van der Waals surface area contributed by atoms with Crippen LogP contribution in [0.4, 0.5) is 26.3 Å². The Balaban J connectivity index is 1.99. The second kappa shape index (κ2) is 6.81. The summed E-state index contributed by atoms with van der Waals surface area (Å²) >= 11 is 0. The van der Waals surface area contributed by atoms with Gasteiger partial charge in [0, 0.05) is 12.7 Å². The third-order valence-electron chi connectivity index (χ3n) is 3.28. The van der Waals surface area contributed by atoms with Crippen molar-refractivity contribution in [1.29, 1.82) is 0 Å². The van der Waals surface area contributed by atoms with E-state index >= 15 is 0 Å². The molecule has 1 aromatic rings. The first-order valence-corrected chi connectivity index (χ1v) is 6.96. The van der Waals surface area contributed by atoms with Gasteiger partial charge in [0.15, 0.2) is 5.69 Å². The number of amides is 1. The van der Waals surface area contributed by atoms with Crippen LogP contribution in [0.15, 0.2) is 12.3 Å². The molecule has 134 valence electrons. The molecule has 1 aromatic heterocycles. The van der Waals surface area contributed by atoms with Gasteiger partial charge in [-0.2, -0.15) is 31.3 Å². The molecule has 1 aliphatic heterocycles. The molecule has 0 aliphatic carbocycles. The lowest BCUT2D eigenvalue weighted by Crippen LogP contribution is -2.45. The van der Waals surface area contributed by atoms with Gasteiger partial charge in [0.25, 0.3) is 0 Å². The van der Waals surface area contributed by atoms with E-state index in [1.165, 1.54) is 0 Å². The Kier molecular flexibility index (Phi) is 5.19. The maximum atomic E-state index is 12.6.